The van der Waals surface area contributed by atoms with Crippen LogP contribution in [-0.2, 0) is 4.79 Å². The Bertz CT molecular complexity index is 610. The Balaban J connectivity index is 1.78. The second-order valence-corrected chi connectivity index (χ2v) is 7.15. The maximum Gasteiger partial charge on any atom is 0.253 e. The highest BCUT2D eigenvalue weighted by Gasteiger charge is 2.17. The molecule has 1 fully saturated rings. The molecule has 0 saturated carbocycles. The first-order valence-electron chi connectivity index (χ1n) is 9.60. The molecule has 1 aliphatic heterocycles. The summed E-state index contributed by atoms with van der Waals surface area (Å²) in [6.07, 6.45) is 8.11. The second-order valence-electron chi connectivity index (χ2n) is 6.74. The van der Waals surface area contributed by atoms with Crippen LogP contribution in [0, 0.1) is 0 Å². The third-order valence-electron chi connectivity index (χ3n) is 4.54. The van der Waals surface area contributed by atoms with Crippen LogP contribution >= 0.6 is 12.2 Å². The van der Waals surface area contributed by atoms with E-state index in [1.54, 1.807) is 12.1 Å². The molecular weight excluding hydrogens is 346 g/mol. The fourth-order valence-electron chi connectivity index (χ4n) is 3.04. The quantitative estimate of drug-likeness (QED) is 0.556. The summed E-state index contributed by atoms with van der Waals surface area (Å²) in [5, 5.41) is 5.99. The smallest absolute Gasteiger partial charge is 0.253 e. The molecule has 5 nitrogen and oxygen atoms in total. The van der Waals surface area contributed by atoms with Crippen LogP contribution in [0.15, 0.2) is 24.3 Å². The van der Waals surface area contributed by atoms with Crippen molar-refractivity contribution < 1.29 is 9.59 Å². The van der Waals surface area contributed by atoms with Crippen molar-refractivity contribution in [1.29, 1.82) is 0 Å². The minimum atomic E-state index is -0.0597. The van der Waals surface area contributed by atoms with E-state index >= 15 is 0 Å². The number of nitrogens with one attached hydrogen (secondary N) is 2. The first kappa shape index (κ1) is 20.4. The van der Waals surface area contributed by atoms with Gasteiger partial charge in [0.15, 0.2) is 5.11 Å². The predicted molar refractivity (Wildman–Crippen MR) is 109 cm³/mol. The summed E-state index contributed by atoms with van der Waals surface area (Å²) in [7, 11) is 0. The molecule has 2 amide bonds. The fourth-order valence-corrected chi connectivity index (χ4v) is 3.27. The number of anilines is 1. The average Bonchev–Trinajstić information content (AvgIpc) is 2.66. The van der Waals surface area contributed by atoms with Gasteiger partial charge in [-0.3, -0.25) is 9.59 Å². The van der Waals surface area contributed by atoms with Gasteiger partial charge in [0, 0.05) is 30.8 Å². The van der Waals surface area contributed by atoms with Crippen molar-refractivity contribution in [3.05, 3.63) is 29.8 Å². The van der Waals surface area contributed by atoms with E-state index in [-0.39, 0.29) is 11.8 Å². The molecule has 142 valence electrons. The molecular formula is C20H29N3O2S. The van der Waals surface area contributed by atoms with Crippen molar-refractivity contribution in [2.24, 2.45) is 0 Å². The van der Waals surface area contributed by atoms with Crippen molar-refractivity contribution in [1.82, 2.24) is 10.2 Å². The summed E-state index contributed by atoms with van der Waals surface area (Å²) in [5.41, 5.74) is 1.44. The number of unbranched alkanes of at least 4 members (excludes halogenated alkanes) is 3. The Hall–Kier alpha value is -1.95. The van der Waals surface area contributed by atoms with Gasteiger partial charge in [0.1, 0.15) is 0 Å². The zero-order chi connectivity index (χ0) is 18.8. The molecule has 0 bridgehead atoms. The van der Waals surface area contributed by atoms with Crippen molar-refractivity contribution >= 4 is 34.8 Å². The Morgan fingerprint density at radius 3 is 2.38 bits per heavy atom. The molecule has 2 rings (SSSR count). The molecule has 2 N–H and O–H groups in total. The lowest BCUT2D eigenvalue weighted by atomic mass is 10.1. The van der Waals surface area contributed by atoms with Gasteiger partial charge in [0.2, 0.25) is 5.91 Å². The predicted octanol–water partition coefficient (Wildman–Crippen LogP) is 4.10. The Kier molecular flexibility index (Phi) is 8.54. The minimum Gasteiger partial charge on any atom is -0.339 e. The third-order valence-corrected chi connectivity index (χ3v) is 4.75. The maximum atomic E-state index is 12.4. The van der Waals surface area contributed by atoms with E-state index < -0.39 is 0 Å². The fraction of sp³-hybridized carbons (Fsp3) is 0.550. The van der Waals surface area contributed by atoms with Gasteiger partial charge in [-0.2, -0.15) is 0 Å². The number of thiocarbonyl (C=S) groups is 1. The largest absolute Gasteiger partial charge is 0.339 e. The molecule has 0 aromatic heterocycles. The van der Waals surface area contributed by atoms with Gasteiger partial charge in [-0.15, -0.1) is 0 Å². The van der Waals surface area contributed by atoms with E-state index in [9.17, 15) is 9.59 Å². The molecule has 0 unspecified atom stereocenters. The molecule has 0 aliphatic carbocycles. The zero-order valence-corrected chi connectivity index (χ0v) is 16.4. The number of amides is 2. The summed E-state index contributed by atoms with van der Waals surface area (Å²) in [5.74, 6) is 0.0229. The van der Waals surface area contributed by atoms with Crippen molar-refractivity contribution in [3.63, 3.8) is 0 Å². The Morgan fingerprint density at radius 1 is 1.04 bits per heavy atom. The van der Waals surface area contributed by atoms with Crippen LogP contribution in [0.1, 0.15) is 68.6 Å². The minimum absolute atomic E-state index is 0.0597. The molecule has 26 heavy (non-hydrogen) atoms. The summed E-state index contributed by atoms with van der Waals surface area (Å²) in [6, 6.07) is 7.23. The van der Waals surface area contributed by atoms with Crippen LogP contribution in [0.3, 0.4) is 0 Å². The lowest BCUT2D eigenvalue weighted by Gasteiger charge is -2.26. The van der Waals surface area contributed by atoms with Crippen molar-refractivity contribution in [2.75, 3.05) is 18.4 Å². The van der Waals surface area contributed by atoms with Crippen LogP contribution in [0.5, 0.6) is 0 Å². The third kappa shape index (κ3) is 6.75. The van der Waals surface area contributed by atoms with E-state index in [2.05, 4.69) is 17.6 Å². The van der Waals surface area contributed by atoms with Crippen LogP contribution < -0.4 is 10.6 Å². The maximum absolute atomic E-state index is 12.4. The van der Waals surface area contributed by atoms with Gasteiger partial charge >= 0.3 is 0 Å². The molecule has 1 aromatic carbocycles. The number of carbonyl (C=O) groups excluding carboxylic acids is 2. The van der Waals surface area contributed by atoms with Crippen LogP contribution in [0.4, 0.5) is 5.69 Å². The molecule has 1 aliphatic rings. The second kappa shape index (κ2) is 10.9. The summed E-state index contributed by atoms with van der Waals surface area (Å²) in [4.78, 5) is 26.2. The molecule has 0 spiro atoms. The Labute approximate surface area is 161 Å². The number of hydrogen-bond donors (Lipinski definition) is 2. The lowest BCUT2D eigenvalue weighted by molar-refractivity contribution is -0.119. The van der Waals surface area contributed by atoms with Gasteiger partial charge in [0.05, 0.1) is 0 Å². The first-order chi connectivity index (χ1) is 12.6. The van der Waals surface area contributed by atoms with Gasteiger partial charge in [-0.05, 0) is 62.2 Å². The first-order valence-corrected chi connectivity index (χ1v) is 10.0. The van der Waals surface area contributed by atoms with E-state index in [1.807, 2.05) is 17.0 Å². The van der Waals surface area contributed by atoms with Crippen LogP contribution in [0.25, 0.3) is 0 Å². The lowest BCUT2D eigenvalue weighted by Crippen LogP contribution is -2.35. The monoisotopic (exact) mass is 375 g/mol. The van der Waals surface area contributed by atoms with Gasteiger partial charge in [-0.1, -0.05) is 26.2 Å². The number of likely N-dealkylation sites (tertiary alicyclic amines) is 1. The zero-order valence-electron chi connectivity index (χ0n) is 15.6. The molecule has 0 radical (unpaired) electrons. The highest BCUT2D eigenvalue weighted by Crippen LogP contribution is 2.15. The molecule has 6 heteroatoms. The summed E-state index contributed by atoms with van der Waals surface area (Å²) < 4.78 is 0. The normalized spacial score (nSPS) is 14.0. The number of benzene rings is 1. The molecule has 1 aromatic rings. The van der Waals surface area contributed by atoms with Crippen molar-refractivity contribution in [2.45, 2.75) is 58.3 Å². The van der Waals surface area contributed by atoms with E-state index in [0.717, 1.165) is 57.3 Å². The van der Waals surface area contributed by atoms with Gasteiger partial charge in [0.25, 0.3) is 5.91 Å². The highest BCUT2D eigenvalue weighted by molar-refractivity contribution is 7.80. The topological polar surface area (TPSA) is 61.4 Å². The molecule has 1 heterocycles. The standard InChI is InChI=1S/C20H29N3O2S/c1-2-3-4-6-9-18(24)22-20(26)21-17-12-10-16(11-13-17)19(25)23-14-7-5-8-15-23/h10-13H,2-9,14-15H2,1H3,(H2,21,22,24,26). The molecule has 0 atom stereocenters. The van der Waals surface area contributed by atoms with E-state index in [4.69, 9.17) is 12.2 Å². The number of nitrogens with zero attached hydrogens (tertiary/aromatic N) is 1. The summed E-state index contributed by atoms with van der Waals surface area (Å²) in [6.45, 7) is 3.82. The Morgan fingerprint density at radius 2 is 1.73 bits per heavy atom. The average molecular weight is 376 g/mol. The number of piperidine rings is 1. The SMILES string of the molecule is CCCCCCC(=O)NC(=S)Nc1ccc(C(=O)N2CCCCC2)cc1. The molecule has 1 saturated heterocycles. The highest BCUT2D eigenvalue weighted by atomic mass is 32.1. The number of carbonyl (C=O) groups is 2. The van der Waals surface area contributed by atoms with Gasteiger partial charge < -0.3 is 15.5 Å². The van der Waals surface area contributed by atoms with E-state index in [0.29, 0.717) is 17.1 Å². The van der Waals surface area contributed by atoms with E-state index in [1.165, 1.54) is 6.42 Å². The van der Waals surface area contributed by atoms with Crippen LogP contribution in [0.2, 0.25) is 0 Å². The van der Waals surface area contributed by atoms with Crippen LogP contribution in [-0.4, -0.2) is 34.9 Å². The van der Waals surface area contributed by atoms with Crippen molar-refractivity contribution in [3.8, 4) is 0 Å². The number of rotatable bonds is 7. The number of hydrogen-bond acceptors (Lipinski definition) is 3. The van der Waals surface area contributed by atoms with Gasteiger partial charge in [-0.25, -0.2) is 0 Å². The summed E-state index contributed by atoms with van der Waals surface area (Å²) >= 11 is 5.18.